The van der Waals surface area contributed by atoms with Crippen molar-refractivity contribution in [1.29, 1.82) is 0 Å². The Hall–Kier alpha value is -3.74. The number of sulfonamides is 1. The zero-order valence-corrected chi connectivity index (χ0v) is 16.4. The Morgan fingerprint density at radius 2 is 1.73 bits per heavy atom. The lowest BCUT2D eigenvalue weighted by atomic mass is 10.2. The Bertz CT molecular complexity index is 1090. The van der Waals surface area contributed by atoms with Gasteiger partial charge in [-0.3, -0.25) is 29.3 Å². The van der Waals surface area contributed by atoms with Crippen molar-refractivity contribution in [2.24, 2.45) is 0 Å². The van der Waals surface area contributed by atoms with Gasteiger partial charge in [0.05, 0.1) is 21.9 Å². The average molecular weight is 439 g/mol. The van der Waals surface area contributed by atoms with Crippen molar-refractivity contribution < 1.29 is 32.9 Å². The number of nitrogens with zero attached hydrogens (tertiary/aromatic N) is 3. The fraction of sp³-hybridized carbons (Fsp3) is 0.235. The molecular weight excluding hydrogens is 422 g/mol. The number of non-ortho nitro benzene ring substituents is 2. The molecule has 0 heterocycles. The van der Waals surface area contributed by atoms with Gasteiger partial charge in [-0.1, -0.05) is 6.07 Å². The Balaban J connectivity index is 2.64. The van der Waals surface area contributed by atoms with Gasteiger partial charge in [0.25, 0.3) is 21.4 Å². The van der Waals surface area contributed by atoms with E-state index in [-0.39, 0.29) is 30.8 Å². The number of methoxy groups -OCH3 is 1. The number of rotatable bonds is 10. The number of hydrogen-bond acceptors (Lipinski definition) is 8. The lowest BCUT2D eigenvalue weighted by Crippen LogP contribution is -2.32. The molecule has 0 fully saturated rings. The smallest absolute Gasteiger partial charge is 0.303 e. The molecule has 160 valence electrons. The number of carbonyl (C=O) groups is 1. The van der Waals surface area contributed by atoms with E-state index in [1.165, 1.54) is 19.2 Å². The number of anilines is 1. The van der Waals surface area contributed by atoms with Gasteiger partial charge in [0, 0.05) is 37.2 Å². The maximum absolute atomic E-state index is 13.3. The summed E-state index contributed by atoms with van der Waals surface area (Å²) in [5, 5.41) is 31.1. The van der Waals surface area contributed by atoms with Gasteiger partial charge >= 0.3 is 5.97 Å². The van der Waals surface area contributed by atoms with Crippen LogP contribution in [0.2, 0.25) is 0 Å². The summed E-state index contributed by atoms with van der Waals surface area (Å²) < 4.78 is 32.4. The van der Waals surface area contributed by atoms with E-state index in [1.807, 2.05) is 0 Å². The third-order valence-corrected chi connectivity index (χ3v) is 5.82. The maximum Gasteiger partial charge on any atom is 0.303 e. The largest absolute Gasteiger partial charge is 0.495 e. The zero-order valence-electron chi connectivity index (χ0n) is 15.6. The van der Waals surface area contributed by atoms with Crippen LogP contribution < -0.4 is 9.04 Å². The summed E-state index contributed by atoms with van der Waals surface area (Å²) in [4.78, 5) is 31.1. The highest BCUT2D eigenvalue weighted by molar-refractivity contribution is 7.92. The molecule has 0 saturated heterocycles. The van der Waals surface area contributed by atoms with Gasteiger partial charge in [0.2, 0.25) is 0 Å². The molecule has 0 aliphatic carbocycles. The summed E-state index contributed by atoms with van der Waals surface area (Å²) in [5.74, 6) is -1.17. The van der Waals surface area contributed by atoms with Crippen LogP contribution in [0.3, 0.4) is 0 Å². The molecule has 0 aliphatic heterocycles. The van der Waals surface area contributed by atoms with E-state index < -0.39 is 42.1 Å². The summed E-state index contributed by atoms with van der Waals surface area (Å²) in [5.41, 5.74) is -1.07. The Morgan fingerprint density at radius 1 is 1.10 bits per heavy atom. The van der Waals surface area contributed by atoms with E-state index in [9.17, 15) is 33.4 Å². The highest BCUT2D eigenvalue weighted by Gasteiger charge is 2.30. The number of nitro benzene ring substituents is 2. The number of hydrogen-bond donors (Lipinski definition) is 1. The maximum atomic E-state index is 13.3. The van der Waals surface area contributed by atoms with E-state index in [0.29, 0.717) is 0 Å². The quantitative estimate of drug-likeness (QED) is 0.431. The van der Waals surface area contributed by atoms with Gasteiger partial charge in [-0.05, 0) is 18.6 Å². The van der Waals surface area contributed by atoms with Crippen molar-refractivity contribution >= 4 is 33.1 Å². The second-order valence-electron chi connectivity index (χ2n) is 5.94. The van der Waals surface area contributed by atoms with Crippen LogP contribution in [0.1, 0.15) is 12.8 Å². The Kier molecular flexibility index (Phi) is 6.89. The van der Waals surface area contributed by atoms with E-state index >= 15 is 0 Å². The molecule has 0 aliphatic rings. The first-order valence-corrected chi connectivity index (χ1v) is 9.83. The molecule has 30 heavy (non-hydrogen) atoms. The fourth-order valence-electron chi connectivity index (χ4n) is 2.62. The topological polar surface area (TPSA) is 170 Å². The molecular formula is C17H17N3O9S. The molecule has 1 N–H and O–H groups in total. The van der Waals surface area contributed by atoms with Crippen molar-refractivity contribution in [2.45, 2.75) is 17.7 Å². The molecule has 0 bridgehead atoms. The van der Waals surface area contributed by atoms with Crippen molar-refractivity contribution in [3.63, 3.8) is 0 Å². The van der Waals surface area contributed by atoms with Gasteiger partial charge in [0.15, 0.2) is 0 Å². The van der Waals surface area contributed by atoms with Gasteiger partial charge in [0.1, 0.15) is 11.4 Å². The molecule has 2 aromatic rings. The average Bonchev–Trinajstić information content (AvgIpc) is 2.70. The molecule has 2 aromatic carbocycles. The molecule has 2 rings (SSSR count). The van der Waals surface area contributed by atoms with E-state index in [2.05, 4.69) is 0 Å². The van der Waals surface area contributed by atoms with Crippen LogP contribution in [-0.2, 0) is 14.8 Å². The van der Waals surface area contributed by atoms with Crippen LogP contribution >= 0.6 is 0 Å². The van der Waals surface area contributed by atoms with Gasteiger partial charge in [-0.2, -0.15) is 0 Å². The first-order chi connectivity index (χ1) is 14.1. The molecule has 0 amide bonds. The number of nitro groups is 2. The van der Waals surface area contributed by atoms with Gasteiger partial charge < -0.3 is 9.84 Å². The van der Waals surface area contributed by atoms with E-state index in [1.54, 1.807) is 0 Å². The SMILES string of the molecule is COc1ccc([N+](=O)[O-])cc1N(CCCC(=O)O)S(=O)(=O)c1cccc([N+](=O)[O-])c1. The zero-order chi connectivity index (χ0) is 22.5. The summed E-state index contributed by atoms with van der Waals surface area (Å²) >= 11 is 0. The molecule has 0 spiro atoms. The monoisotopic (exact) mass is 439 g/mol. The predicted octanol–water partition coefficient (Wildman–Crippen LogP) is 2.57. The molecule has 0 aromatic heterocycles. The normalized spacial score (nSPS) is 11.0. The predicted molar refractivity (Wildman–Crippen MR) is 104 cm³/mol. The number of aliphatic carboxylic acids is 1. The number of ether oxygens (including phenoxy) is 1. The fourth-order valence-corrected chi connectivity index (χ4v) is 4.16. The summed E-state index contributed by atoms with van der Waals surface area (Å²) in [6, 6.07) is 7.60. The van der Waals surface area contributed by atoms with Crippen LogP contribution in [0.15, 0.2) is 47.4 Å². The van der Waals surface area contributed by atoms with Gasteiger partial charge in [-0.15, -0.1) is 0 Å². The van der Waals surface area contributed by atoms with Crippen LogP contribution in [0.25, 0.3) is 0 Å². The van der Waals surface area contributed by atoms with Crippen molar-refractivity contribution in [3.05, 3.63) is 62.7 Å². The Morgan fingerprint density at radius 3 is 2.30 bits per heavy atom. The molecule has 13 heteroatoms. The van der Waals surface area contributed by atoms with Crippen molar-refractivity contribution in [3.8, 4) is 5.75 Å². The molecule has 0 atom stereocenters. The molecule has 0 saturated carbocycles. The summed E-state index contributed by atoms with van der Waals surface area (Å²) in [7, 11) is -3.21. The molecule has 12 nitrogen and oxygen atoms in total. The number of carboxylic acid groups (broad SMARTS) is 1. The first kappa shape index (κ1) is 22.5. The summed E-state index contributed by atoms with van der Waals surface area (Å²) in [6.45, 7) is -0.352. The highest BCUT2D eigenvalue weighted by atomic mass is 32.2. The van der Waals surface area contributed by atoms with Crippen molar-refractivity contribution in [1.82, 2.24) is 0 Å². The van der Waals surface area contributed by atoms with Crippen molar-refractivity contribution in [2.75, 3.05) is 18.0 Å². The summed E-state index contributed by atoms with van der Waals surface area (Å²) in [6.07, 6.45) is -0.479. The third-order valence-electron chi connectivity index (χ3n) is 4.01. The van der Waals surface area contributed by atoms with Crippen LogP contribution in [0.4, 0.5) is 17.1 Å². The minimum absolute atomic E-state index is 0.00932. The first-order valence-electron chi connectivity index (χ1n) is 8.39. The van der Waals surface area contributed by atoms with Crippen LogP contribution in [-0.4, -0.2) is 43.0 Å². The molecule has 0 unspecified atom stereocenters. The second-order valence-corrected chi connectivity index (χ2v) is 7.80. The van der Waals surface area contributed by atoms with E-state index in [0.717, 1.165) is 34.6 Å². The minimum Gasteiger partial charge on any atom is -0.495 e. The lowest BCUT2D eigenvalue weighted by molar-refractivity contribution is -0.385. The number of carboxylic acids is 1. The minimum atomic E-state index is -4.45. The number of benzene rings is 2. The lowest BCUT2D eigenvalue weighted by Gasteiger charge is -2.25. The highest BCUT2D eigenvalue weighted by Crippen LogP contribution is 2.36. The molecule has 0 radical (unpaired) electrons. The standard InChI is InChI=1S/C17H17N3O9S/c1-29-16-8-7-13(20(25)26)11-15(16)18(9-3-6-17(21)22)30(27,28)14-5-2-4-12(10-14)19(23)24/h2,4-5,7-8,10-11H,3,6,9H2,1H3,(H,21,22). The van der Waals surface area contributed by atoms with Gasteiger partial charge in [-0.25, -0.2) is 8.42 Å². The van der Waals surface area contributed by atoms with Crippen LogP contribution in [0.5, 0.6) is 5.75 Å². The van der Waals surface area contributed by atoms with E-state index in [4.69, 9.17) is 9.84 Å². The second kappa shape index (κ2) is 9.17. The Labute approximate surface area is 170 Å². The van der Waals surface area contributed by atoms with Crippen LogP contribution in [0, 0.1) is 20.2 Å². The third kappa shape index (κ3) is 5.00.